The zero-order valence-corrected chi connectivity index (χ0v) is 14.9. The molecule has 1 aliphatic heterocycles. The molecule has 0 saturated carbocycles. The number of amides is 2. The maximum atomic E-state index is 13.6. The molecule has 26 heavy (non-hydrogen) atoms. The number of para-hydroxylation sites is 1. The van der Waals surface area contributed by atoms with E-state index < -0.39 is 5.82 Å². The summed E-state index contributed by atoms with van der Waals surface area (Å²) in [4.78, 5) is 25.8. The zero-order valence-electron chi connectivity index (χ0n) is 14.9. The number of rotatable bonds is 3. The lowest BCUT2D eigenvalue weighted by molar-refractivity contribution is 0.115. The number of hydrogen-bond donors (Lipinski definition) is 1. The van der Waals surface area contributed by atoms with Crippen molar-refractivity contribution in [2.45, 2.75) is 25.9 Å². The third-order valence-electron chi connectivity index (χ3n) is 4.62. The van der Waals surface area contributed by atoms with Crippen LogP contribution in [0.25, 0.3) is 0 Å². The van der Waals surface area contributed by atoms with Gasteiger partial charge in [-0.25, -0.2) is 9.18 Å². The SMILES string of the molecule is Cc1cc(OC2CCN(C(=O)Nc3ccccc3F)CC2)cc(=O)n1C. The first-order chi connectivity index (χ1) is 12.4. The molecule has 1 aromatic carbocycles. The molecule has 0 radical (unpaired) electrons. The number of nitrogens with zero attached hydrogens (tertiary/aromatic N) is 2. The fourth-order valence-electron chi connectivity index (χ4n) is 2.93. The quantitative estimate of drug-likeness (QED) is 0.917. The van der Waals surface area contributed by atoms with Crippen LogP contribution in [0.2, 0.25) is 0 Å². The molecule has 0 atom stereocenters. The summed E-state index contributed by atoms with van der Waals surface area (Å²) in [6, 6.07) is 9.07. The molecular formula is C19H22FN3O3. The topological polar surface area (TPSA) is 63.6 Å². The maximum absolute atomic E-state index is 13.6. The van der Waals surface area contributed by atoms with Gasteiger partial charge in [0, 0.05) is 44.7 Å². The summed E-state index contributed by atoms with van der Waals surface area (Å²) < 4.78 is 21.1. The normalized spacial score (nSPS) is 15.0. The van der Waals surface area contributed by atoms with E-state index in [4.69, 9.17) is 4.74 Å². The summed E-state index contributed by atoms with van der Waals surface area (Å²) >= 11 is 0. The number of nitrogens with one attached hydrogen (secondary N) is 1. The largest absolute Gasteiger partial charge is 0.490 e. The van der Waals surface area contributed by atoms with Crippen molar-refractivity contribution in [1.29, 1.82) is 0 Å². The van der Waals surface area contributed by atoms with Gasteiger partial charge in [0.15, 0.2) is 0 Å². The molecule has 1 fully saturated rings. The van der Waals surface area contributed by atoms with Crippen molar-refractivity contribution in [3.8, 4) is 5.75 Å². The van der Waals surface area contributed by atoms with Crippen molar-refractivity contribution in [3.63, 3.8) is 0 Å². The van der Waals surface area contributed by atoms with E-state index in [2.05, 4.69) is 5.32 Å². The second-order valence-corrected chi connectivity index (χ2v) is 6.44. The Labute approximate surface area is 151 Å². The number of piperidine rings is 1. The van der Waals surface area contributed by atoms with Gasteiger partial charge in [-0.2, -0.15) is 0 Å². The molecule has 1 saturated heterocycles. The van der Waals surface area contributed by atoms with Crippen LogP contribution < -0.4 is 15.6 Å². The number of halogens is 1. The van der Waals surface area contributed by atoms with Crippen LogP contribution in [0.15, 0.2) is 41.2 Å². The van der Waals surface area contributed by atoms with Crippen LogP contribution in [0.1, 0.15) is 18.5 Å². The summed E-state index contributed by atoms with van der Waals surface area (Å²) in [5, 5.41) is 2.59. The number of aromatic nitrogens is 1. The van der Waals surface area contributed by atoms with Gasteiger partial charge in [0.05, 0.1) is 5.69 Å². The molecule has 6 nitrogen and oxygen atoms in total. The van der Waals surface area contributed by atoms with Crippen LogP contribution in [-0.4, -0.2) is 34.7 Å². The van der Waals surface area contributed by atoms with Gasteiger partial charge in [-0.15, -0.1) is 0 Å². The van der Waals surface area contributed by atoms with Crippen molar-refractivity contribution in [2.75, 3.05) is 18.4 Å². The van der Waals surface area contributed by atoms with Crippen molar-refractivity contribution in [3.05, 3.63) is 58.3 Å². The van der Waals surface area contributed by atoms with Crippen molar-refractivity contribution < 1.29 is 13.9 Å². The summed E-state index contributed by atoms with van der Waals surface area (Å²) in [6.45, 7) is 2.87. The maximum Gasteiger partial charge on any atom is 0.321 e. The molecular weight excluding hydrogens is 337 g/mol. The molecule has 1 aromatic heterocycles. The predicted octanol–water partition coefficient (Wildman–Crippen LogP) is 2.91. The van der Waals surface area contributed by atoms with E-state index in [0.29, 0.717) is 31.7 Å². The fourth-order valence-corrected chi connectivity index (χ4v) is 2.93. The fraction of sp³-hybridized carbons (Fsp3) is 0.368. The second kappa shape index (κ2) is 7.59. The Hall–Kier alpha value is -2.83. The van der Waals surface area contributed by atoms with E-state index in [1.807, 2.05) is 13.0 Å². The van der Waals surface area contributed by atoms with Crippen LogP contribution in [0.4, 0.5) is 14.9 Å². The van der Waals surface area contributed by atoms with E-state index in [-0.39, 0.29) is 23.4 Å². The van der Waals surface area contributed by atoms with Crippen LogP contribution in [0.5, 0.6) is 5.75 Å². The zero-order chi connectivity index (χ0) is 18.7. The molecule has 2 aromatic rings. The second-order valence-electron chi connectivity index (χ2n) is 6.44. The van der Waals surface area contributed by atoms with Crippen LogP contribution in [-0.2, 0) is 7.05 Å². The van der Waals surface area contributed by atoms with Crippen molar-refractivity contribution >= 4 is 11.7 Å². The highest BCUT2D eigenvalue weighted by atomic mass is 19.1. The number of aryl methyl sites for hydroxylation is 1. The first-order valence-electron chi connectivity index (χ1n) is 8.59. The van der Waals surface area contributed by atoms with Gasteiger partial charge in [-0.05, 0) is 25.1 Å². The predicted molar refractivity (Wildman–Crippen MR) is 97.1 cm³/mol. The summed E-state index contributed by atoms with van der Waals surface area (Å²) in [7, 11) is 1.72. The number of likely N-dealkylation sites (tertiary alicyclic amines) is 1. The van der Waals surface area contributed by atoms with E-state index in [0.717, 1.165) is 5.69 Å². The number of anilines is 1. The number of carbonyl (C=O) groups excluding carboxylic acids is 1. The third-order valence-corrected chi connectivity index (χ3v) is 4.62. The number of carbonyl (C=O) groups is 1. The number of benzene rings is 1. The van der Waals surface area contributed by atoms with Crippen LogP contribution >= 0.6 is 0 Å². The molecule has 1 N–H and O–H groups in total. The highest BCUT2D eigenvalue weighted by molar-refractivity contribution is 5.89. The van der Waals surface area contributed by atoms with Gasteiger partial charge in [0.2, 0.25) is 0 Å². The third kappa shape index (κ3) is 4.04. The Morgan fingerprint density at radius 3 is 2.58 bits per heavy atom. The molecule has 0 spiro atoms. The lowest BCUT2D eigenvalue weighted by Gasteiger charge is -2.32. The molecule has 2 heterocycles. The minimum absolute atomic E-state index is 0.0565. The lowest BCUT2D eigenvalue weighted by atomic mass is 10.1. The smallest absolute Gasteiger partial charge is 0.321 e. The average molecular weight is 359 g/mol. The molecule has 138 valence electrons. The summed E-state index contributed by atoms with van der Waals surface area (Å²) in [5.41, 5.74) is 0.891. The van der Waals surface area contributed by atoms with Crippen LogP contribution in [0.3, 0.4) is 0 Å². The summed E-state index contributed by atoms with van der Waals surface area (Å²) in [5.74, 6) is 0.0972. The standard InChI is InChI=1S/C19H22FN3O3/c1-13-11-15(12-18(24)22(13)2)26-14-7-9-23(10-8-14)19(25)21-17-6-4-3-5-16(17)20/h3-6,11-12,14H,7-10H2,1-2H3,(H,21,25). The molecule has 7 heteroatoms. The Balaban J connectivity index is 1.55. The number of ether oxygens (including phenoxy) is 1. The number of hydrogen-bond acceptors (Lipinski definition) is 3. The highest BCUT2D eigenvalue weighted by Crippen LogP contribution is 2.20. The van der Waals surface area contributed by atoms with E-state index in [1.54, 1.807) is 28.6 Å². The van der Waals surface area contributed by atoms with E-state index in [1.165, 1.54) is 18.2 Å². The van der Waals surface area contributed by atoms with Gasteiger partial charge in [0.25, 0.3) is 5.56 Å². The Morgan fingerprint density at radius 1 is 1.23 bits per heavy atom. The van der Waals surface area contributed by atoms with E-state index in [9.17, 15) is 14.0 Å². The average Bonchev–Trinajstić information content (AvgIpc) is 2.62. The molecule has 3 rings (SSSR count). The van der Waals surface area contributed by atoms with Crippen molar-refractivity contribution in [1.82, 2.24) is 9.47 Å². The van der Waals surface area contributed by atoms with Gasteiger partial charge in [-0.1, -0.05) is 12.1 Å². The first-order valence-corrected chi connectivity index (χ1v) is 8.59. The van der Waals surface area contributed by atoms with E-state index >= 15 is 0 Å². The molecule has 0 aliphatic carbocycles. The minimum atomic E-state index is -0.458. The Bertz CT molecular complexity index is 857. The molecule has 0 bridgehead atoms. The van der Waals surface area contributed by atoms with Gasteiger partial charge < -0.3 is 19.5 Å². The Kier molecular flexibility index (Phi) is 5.25. The van der Waals surface area contributed by atoms with Crippen molar-refractivity contribution in [2.24, 2.45) is 7.05 Å². The highest BCUT2D eigenvalue weighted by Gasteiger charge is 2.24. The molecule has 2 amide bonds. The number of pyridine rings is 1. The van der Waals surface area contributed by atoms with Crippen LogP contribution in [0, 0.1) is 12.7 Å². The van der Waals surface area contributed by atoms with Gasteiger partial charge in [0.1, 0.15) is 17.7 Å². The monoisotopic (exact) mass is 359 g/mol. The lowest BCUT2D eigenvalue weighted by Crippen LogP contribution is -2.44. The molecule has 1 aliphatic rings. The summed E-state index contributed by atoms with van der Waals surface area (Å²) in [6.07, 6.45) is 1.25. The Morgan fingerprint density at radius 2 is 1.92 bits per heavy atom. The number of urea groups is 1. The van der Waals surface area contributed by atoms with Gasteiger partial charge in [-0.3, -0.25) is 4.79 Å². The molecule has 0 unspecified atom stereocenters. The van der Waals surface area contributed by atoms with Gasteiger partial charge >= 0.3 is 6.03 Å². The minimum Gasteiger partial charge on any atom is -0.490 e. The first kappa shape index (κ1) is 18.0.